The molecule has 2 aromatic rings. The molecular formula is C12H12BrN3OS. The molecule has 0 fully saturated rings. The van der Waals surface area contributed by atoms with Crippen molar-refractivity contribution in [1.29, 1.82) is 0 Å². The molecule has 0 spiro atoms. The Hall–Kier alpha value is -1.14. The first-order valence-corrected chi connectivity index (χ1v) is 7.13. The van der Waals surface area contributed by atoms with Crippen molar-refractivity contribution in [1.82, 2.24) is 15.0 Å². The minimum Gasteiger partial charge on any atom is -0.291 e. The number of hydrogen-bond donors (Lipinski definition) is 0. The largest absolute Gasteiger partial charge is 0.291 e. The van der Waals surface area contributed by atoms with E-state index in [0.717, 1.165) is 4.90 Å². The normalized spacial score (nSPS) is 10.6. The fourth-order valence-corrected chi connectivity index (χ4v) is 2.98. The number of rotatable bonds is 4. The average molecular weight is 326 g/mol. The van der Waals surface area contributed by atoms with Crippen LogP contribution in [-0.2, 0) is 7.05 Å². The number of benzene rings is 1. The van der Waals surface area contributed by atoms with E-state index in [4.69, 9.17) is 0 Å². The van der Waals surface area contributed by atoms with Crippen LogP contribution in [0, 0.1) is 6.92 Å². The summed E-state index contributed by atoms with van der Waals surface area (Å²) in [5.74, 6) is 0.393. The lowest BCUT2D eigenvalue weighted by atomic mass is 10.2. The molecule has 6 heteroatoms. The zero-order valence-electron chi connectivity index (χ0n) is 10.1. The van der Waals surface area contributed by atoms with Crippen molar-refractivity contribution in [2.24, 2.45) is 7.05 Å². The van der Waals surface area contributed by atoms with Gasteiger partial charge in [0.2, 0.25) is 0 Å². The predicted molar refractivity (Wildman–Crippen MR) is 74.9 cm³/mol. The zero-order valence-corrected chi connectivity index (χ0v) is 12.5. The van der Waals surface area contributed by atoms with Crippen LogP contribution in [0.4, 0.5) is 0 Å². The topological polar surface area (TPSA) is 47.8 Å². The minimum absolute atomic E-state index is 0.0147. The van der Waals surface area contributed by atoms with Gasteiger partial charge in [0.25, 0.3) is 0 Å². The number of hydrogen-bond acceptors (Lipinski definition) is 4. The van der Waals surface area contributed by atoms with Gasteiger partial charge in [-0.15, -0.1) is 16.9 Å². The van der Waals surface area contributed by atoms with Crippen LogP contribution in [-0.4, -0.2) is 26.5 Å². The van der Waals surface area contributed by atoms with Crippen molar-refractivity contribution in [2.75, 3.05) is 5.75 Å². The Morgan fingerprint density at radius 2 is 2.28 bits per heavy atom. The van der Waals surface area contributed by atoms with E-state index in [1.807, 2.05) is 25.1 Å². The maximum atomic E-state index is 12.1. The van der Waals surface area contributed by atoms with Crippen LogP contribution in [0.1, 0.15) is 16.1 Å². The fraction of sp³-hybridized carbons (Fsp3) is 0.250. The number of nitrogens with zero attached hydrogens (tertiary/aromatic N) is 3. The Morgan fingerprint density at radius 1 is 1.50 bits per heavy atom. The molecule has 1 heterocycles. The van der Waals surface area contributed by atoms with Gasteiger partial charge in [-0.05, 0) is 35.0 Å². The molecule has 0 aliphatic heterocycles. The molecule has 94 valence electrons. The Labute approximate surface area is 118 Å². The van der Waals surface area contributed by atoms with Gasteiger partial charge >= 0.3 is 0 Å². The van der Waals surface area contributed by atoms with Crippen LogP contribution in [0.25, 0.3) is 0 Å². The molecule has 18 heavy (non-hydrogen) atoms. The fourth-order valence-electron chi connectivity index (χ4n) is 1.55. The Bertz CT molecular complexity index is 563. The second-order valence-corrected chi connectivity index (χ2v) is 5.68. The molecule has 0 saturated carbocycles. The number of ketones is 1. The highest BCUT2D eigenvalue weighted by molar-refractivity contribution is 9.10. The summed E-state index contributed by atoms with van der Waals surface area (Å²) in [6, 6.07) is 8.09. The molecule has 1 aromatic heterocycles. The van der Waals surface area contributed by atoms with Gasteiger partial charge in [0.15, 0.2) is 10.4 Å². The molecular weight excluding hydrogens is 314 g/mol. The summed E-state index contributed by atoms with van der Waals surface area (Å²) < 4.78 is 1.99. The molecule has 0 bridgehead atoms. The van der Waals surface area contributed by atoms with E-state index < -0.39 is 0 Å². The van der Waals surface area contributed by atoms with E-state index in [9.17, 15) is 4.79 Å². The minimum atomic E-state index is 0.0147. The van der Waals surface area contributed by atoms with Crippen LogP contribution < -0.4 is 0 Å². The van der Waals surface area contributed by atoms with Gasteiger partial charge in [-0.2, -0.15) is 0 Å². The van der Waals surface area contributed by atoms with E-state index in [-0.39, 0.29) is 5.78 Å². The van der Waals surface area contributed by atoms with Gasteiger partial charge in [0, 0.05) is 11.9 Å². The van der Waals surface area contributed by atoms with E-state index in [0.29, 0.717) is 16.0 Å². The third-order valence-electron chi connectivity index (χ3n) is 2.41. The first kappa shape index (κ1) is 13.3. The number of Topliss-reactive ketones (excluding diaryl/α,β-unsaturated/α-hetero) is 1. The van der Waals surface area contributed by atoms with Gasteiger partial charge in [-0.25, -0.2) is 4.68 Å². The molecule has 2 rings (SSSR count). The van der Waals surface area contributed by atoms with Crippen LogP contribution in [0.15, 0.2) is 33.8 Å². The lowest BCUT2D eigenvalue weighted by molar-refractivity contribution is 0.101. The molecule has 0 radical (unpaired) electrons. The summed E-state index contributed by atoms with van der Waals surface area (Å²) in [5, 5.41) is 7.60. The Morgan fingerprint density at radius 3 is 2.89 bits per heavy atom. The quantitative estimate of drug-likeness (QED) is 0.640. The molecule has 0 unspecified atom stereocenters. The molecule has 0 aliphatic carbocycles. The summed E-state index contributed by atoms with van der Waals surface area (Å²) in [6.07, 6.45) is 0. The highest BCUT2D eigenvalue weighted by atomic mass is 79.9. The van der Waals surface area contributed by atoms with Crippen LogP contribution >= 0.6 is 27.7 Å². The average Bonchev–Trinajstić information content (AvgIpc) is 2.66. The zero-order chi connectivity index (χ0) is 13.1. The summed E-state index contributed by atoms with van der Waals surface area (Å²) in [6.45, 7) is 2.04. The Balaban J connectivity index is 2.05. The maximum absolute atomic E-state index is 12.1. The van der Waals surface area contributed by atoms with Crippen molar-refractivity contribution in [2.45, 2.75) is 11.8 Å². The molecule has 0 aliphatic rings. The number of carbonyl (C=O) groups excluding carboxylic acids is 1. The first-order valence-electron chi connectivity index (χ1n) is 5.36. The molecule has 0 N–H and O–H groups in total. The van der Waals surface area contributed by atoms with Crippen molar-refractivity contribution < 1.29 is 4.79 Å². The van der Waals surface area contributed by atoms with Gasteiger partial charge in [-0.1, -0.05) is 22.9 Å². The third kappa shape index (κ3) is 3.00. The van der Waals surface area contributed by atoms with Crippen molar-refractivity contribution in [3.63, 3.8) is 0 Å². The lowest BCUT2D eigenvalue weighted by Crippen LogP contribution is -2.09. The van der Waals surface area contributed by atoms with Crippen molar-refractivity contribution in [3.05, 3.63) is 40.1 Å². The second kappa shape index (κ2) is 5.67. The van der Waals surface area contributed by atoms with E-state index >= 15 is 0 Å². The van der Waals surface area contributed by atoms with Gasteiger partial charge in [-0.3, -0.25) is 4.79 Å². The van der Waals surface area contributed by atoms with Crippen LogP contribution in [0.5, 0.6) is 0 Å². The van der Waals surface area contributed by atoms with Crippen molar-refractivity contribution >= 4 is 33.5 Å². The number of aromatic nitrogens is 3. The van der Waals surface area contributed by atoms with Gasteiger partial charge < -0.3 is 0 Å². The maximum Gasteiger partial charge on any atom is 0.193 e. The number of carbonyl (C=O) groups is 1. The predicted octanol–water partition coefficient (Wildman–Crippen LogP) is 2.86. The van der Waals surface area contributed by atoms with Crippen LogP contribution in [0.2, 0.25) is 0 Å². The molecule has 0 atom stereocenters. The smallest absolute Gasteiger partial charge is 0.193 e. The van der Waals surface area contributed by atoms with Crippen molar-refractivity contribution in [3.8, 4) is 0 Å². The third-order valence-corrected chi connectivity index (χ3v) is 3.94. The standard InChI is InChI=1S/C12H12BrN3OS/c1-8-4-3-5-9(6-8)18-7-10(17)11-12(13)14-15-16(11)2/h3-6H,7H2,1-2H3. The first-order chi connectivity index (χ1) is 8.58. The number of aryl methyl sites for hydroxylation is 2. The second-order valence-electron chi connectivity index (χ2n) is 3.88. The Kier molecular flexibility index (Phi) is 4.19. The molecule has 0 amide bonds. The monoisotopic (exact) mass is 325 g/mol. The summed E-state index contributed by atoms with van der Waals surface area (Å²) in [4.78, 5) is 13.1. The van der Waals surface area contributed by atoms with E-state index in [2.05, 4.69) is 32.3 Å². The summed E-state index contributed by atoms with van der Waals surface area (Å²) in [5.41, 5.74) is 1.70. The van der Waals surface area contributed by atoms with E-state index in [1.165, 1.54) is 22.0 Å². The SMILES string of the molecule is Cc1cccc(SCC(=O)c2c(Br)nnn2C)c1. The van der Waals surface area contributed by atoms with E-state index in [1.54, 1.807) is 7.05 Å². The van der Waals surface area contributed by atoms with Gasteiger partial charge in [0.05, 0.1) is 5.75 Å². The highest BCUT2D eigenvalue weighted by Crippen LogP contribution is 2.21. The summed E-state index contributed by atoms with van der Waals surface area (Å²) >= 11 is 4.75. The lowest BCUT2D eigenvalue weighted by Gasteiger charge is -2.03. The molecule has 0 saturated heterocycles. The summed E-state index contributed by atoms with van der Waals surface area (Å²) in [7, 11) is 1.71. The number of halogens is 1. The van der Waals surface area contributed by atoms with Gasteiger partial charge in [0.1, 0.15) is 5.69 Å². The number of thioether (sulfide) groups is 1. The molecule has 1 aromatic carbocycles. The molecule has 4 nitrogen and oxygen atoms in total. The highest BCUT2D eigenvalue weighted by Gasteiger charge is 2.16. The van der Waals surface area contributed by atoms with Crippen LogP contribution in [0.3, 0.4) is 0 Å².